The summed E-state index contributed by atoms with van der Waals surface area (Å²) in [4.78, 5) is 22.1. The number of esters is 1. The molecule has 96 valence electrons. The van der Waals surface area contributed by atoms with Gasteiger partial charge in [-0.1, -0.05) is 12.8 Å². The van der Waals surface area contributed by atoms with Crippen LogP contribution in [0.25, 0.3) is 0 Å². The molecule has 0 amide bonds. The van der Waals surface area contributed by atoms with Crippen molar-refractivity contribution in [3.8, 4) is 0 Å². The number of aliphatic carboxylic acids is 1. The Morgan fingerprint density at radius 3 is 2.24 bits per heavy atom. The molecule has 0 aromatic rings. The van der Waals surface area contributed by atoms with Crippen LogP contribution < -0.4 is 0 Å². The van der Waals surface area contributed by atoms with Gasteiger partial charge in [-0.3, -0.25) is 9.59 Å². The van der Waals surface area contributed by atoms with Crippen molar-refractivity contribution >= 4 is 11.9 Å². The highest BCUT2D eigenvalue weighted by Crippen LogP contribution is 2.46. The van der Waals surface area contributed by atoms with Crippen molar-refractivity contribution in [2.45, 2.75) is 63.4 Å². The summed E-state index contributed by atoms with van der Waals surface area (Å²) in [5.74, 6) is -1.20. The average Bonchev–Trinajstić information content (AvgIpc) is 2.84. The molecule has 0 heterocycles. The Bertz CT molecular complexity index is 299. The van der Waals surface area contributed by atoms with Gasteiger partial charge in [-0.15, -0.1) is 0 Å². The van der Waals surface area contributed by atoms with Gasteiger partial charge in [0, 0.05) is 0 Å². The molecule has 0 radical (unpaired) electrons. The number of hydrogen-bond acceptors (Lipinski definition) is 3. The number of ether oxygens (including phenoxy) is 1. The van der Waals surface area contributed by atoms with E-state index in [-0.39, 0.29) is 5.60 Å². The standard InChI is InChI=1S/C13H20O4/c14-11(15)9-12(16)17-13(7-3-4-8-13)10-5-1-2-6-10/h10H,1-9H2,(H,14,15). The lowest BCUT2D eigenvalue weighted by Gasteiger charge is -2.35. The van der Waals surface area contributed by atoms with Crippen LogP contribution in [0.4, 0.5) is 0 Å². The molecule has 0 atom stereocenters. The molecule has 0 spiro atoms. The molecule has 1 N–H and O–H groups in total. The molecular formula is C13H20O4. The highest BCUT2D eigenvalue weighted by molar-refractivity contribution is 5.90. The third-order valence-electron chi connectivity index (χ3n) is 4.16. The predicted octanol–water partition coefficient (Wildman–Crippen LogP) is 2.51. The second-order valence-corrected chi connectivity index (χ2v) is 5.30. The summed E-state index contributed by atoms with van der Waals surface area (Å²) in [5.41, 5.74) is -0.330. The minimum absolute atomic E-state index is 0.330. The maximum absolute atomic E-state index is 11.6. The van der Waals surface area contributed by atoms with Crippen molar-refractivity contribution in [2.24, 2.45) is 5.92 Å². The van der Waals surface area contributed by atoms with Crippen molar-refractivity contribution in [1.82, 2.24) is 0 Å². The van der Waals surface area contributed by atoms with E-state index in [2.05, 4.69) is 0 Å². The maximum Gasteiger partial charge on any atom is 0.317 e. The van der Waals surface area contributed by atoms with Gasteiger partial charge in [0.25, 0.3) is 0 Å². The second kappa shape index (κ2) is 5.07. The lowest BCUT2D eigenvalue weighted by molar-refractivity contribution is -0.168. The summed E-state index contributed by atoms with van der Waals surface area (Å²) in [6.45, 7) is 0. The summed E-state index contributed by atoms with van der Waals surface area (Å²) >= 11 is 0. The first-order valence-corrected chi connectivity index (χ1v) is 6.56. The van der Waals surface area contributed by atoms with E-state index in [4.69, 9.17) is 9.84 Å². The molecule has 17 heavy (non-hydrogen) atoms. The molecule has 0 saturated heterocycles. The Labute approximate surface area is 101 Å². The highest BCUT2D eigenvalue weighted by Gasteiger charge is 2.45. The molecule has 2 saturated carbocycles. The Kier molecular flexibility index (Phi) is 3.69. The van der Waals surface area contributed by atoms with Gasteiger partial charge < -0.3 is 9.84 Å². The normalized spacial score (nSPS) is 23.8. The fraction of sp³-hybridized carbons (Fsp3) is 0.846. The van der Waals surface area contributed by atoms with Crippen LogP contribution in [0, 0.1) is 5.92 Å². The third kappa shape index (κ3) is 2.79. The van der Waals surface area contributed by atoms with Gasteiger partial charge in [0.1, 0.15) is 12.0 Å². The number of carbonyl (C=O) groups is 2. The Balaban J connectivity index is 2.01. The van der Waals surface area contributed by atoms with E-state index in [1.807, 2.05) is 0 Å². The van der Waals surface area contributed by atoms with Crippen LogP contribution in [-0.4, -0.2) is 22.6 Å². The first-order chi connectivity index (χ1) is 8.12. The van der Waals surface area contributed by atoms with Crippen molar-refractivity contribution in [3.63, 3.8) is 0 Å². The van der Waals surface area contributed by atoms with Gasteiger partial charge in [-0.25, -0.2) is 0 Å². The van der Waals surface area contributed by atoms with Crippen LogP contribution in [0.3, 0.4) is 0 Å². The summed E-state index contributed by atoms with van der Waals surface area (Å²) in [6.07, 6.45) is 8.20. The van der Waals surface area contributed by atoms with Gasteiger partial charge in [-0.2, -0.15) is 0 Å². The van der Waals surface area contributed by atoms with Crippen LogP contribution >= 0.6 is 0 Å². The third-order valence-corrected chi connectivity index (χ3v) is 4.16. The lowest BCUT2D eigenvalue weighted by atomic mass is 9.84. The fourth-order valence-electron chi connectivity index (χ4n) is 3.41. The van der Waals surface area contributed by atoms with E-state index in [0.29, 0.717) is 5.92 Å². The molecule has 0 aromatic heterocycles. The smallest absolute Gasteiger partial charge is 0.317 e. The molecule has 0 bridgehead atoms. The topological polar surface area (TPSA) is 63.6 Å². The predicted molar refractivity (Wildman–Crippen MR) is 61.5 cm³/mol. The number of hydrogen-bond donors (Lipinski definition) is 1. The molecule has 2 aliphatic carbocycles. The van der Waals surface area contributed by atoms with E-state index >= 15 is 0 Å². The monoisotopic (exact) mass is 240 g/mol. The quantitative estimate of drug-likeness (QED) is 0.605. The van der Waals surface area contributed by atoms with E-state index in [1.54, 1.807) is 0 Å². The number of rotatable bonds is 4. The van der Waals surface area contributed by atoms with Crippen molar-refractivity contribution in [3.05, 3.63) is 0 Å². The van der Waals surface area contributed by atoms with Gasteiger partial charge in [0.2, 0.25) is 0 Å². The molecule has 4 heteroatoms. The van der Waals surface area contributed by atoms with Crippen LogP contribution in [-0.2, 0) is 14.3 Å². The zero-order chi connectivity index (χ0) is 12.3. The second-order valence-electron chi connectivity index (χ2n) is 5.30. The van der Waals surface area contributed by atoms with E-state index < -0.39 is 18.4 Å². The average molecular weight is 240 g/mol. The first-order valence-electron chi connectivity index (χ1n) is 6.56. The summed E-state index contributed by atoms with van der Waals surface area (Å²) in [6, 6.07) is 0. The highest BCUT2D eigenvalue weighted by atomic mass is 16.6. The number of carbonyl (C=O) groups excluding carboxylic acids is 1. The van der Waals surface area contributed by atoms with Crippen LogP contribution in [0.5, 0.6) is 0 Å². The molecular weight excluding hydrogens is 220 g/mol. The molecule has 4 nitrogen and oxygen atoms in total. The molecule has 0 aliphatic heterocycles. The fourth-order valence-corrected chi connectivity index (χ4v) is 3.41. The minimum atomic E-state index is -1.10. The van der Waals surface area contributed by atoms with Crippen LogP contribution in [0.2, 0.25) is 0 Å². The molecule has 0 aromatic carbocycles. The molecule has 2 rings (SSSR count). The maximum atomic E-state index is 11.6. The Morgan fingerprint density at radius 1 is 1.12 bits per heavy atom. The van der Waals surface area contributed by atoms with E-state index in [1.165, 1.54) is 12.8 Å². The molecule has 0 unspecified atom stereocenters. The van der Waals surface area contributed by atoms with Crippen LogP contribution in [0.15, 0.2) is 0 Å². The van der Waals surface area contributed by atoms with Crippen molar-refractivity contribution < 1.29 is 19.4 Å². The Hall–Kier alpha value is -1.06. The molecule has 2 fully saturated rings. The number of carboxylic acid groups (broad SMARTS) is 1. The lowest BCUT2D eigenvalue weighted by Crippen LogP contribution is -2.39. The largest absolute Gasteiger partial charge is 0.481 e. The molecule has 2 aliphatic rings. The van der Waals surface area contributed by atoms with Crippen molar-refractivity contribution in [2.75, 3.05) is 0 Å². The zero-order valence-corrected chi connectivity index (χ0v) is 10.1. The minimum Gasteiger partial charge on any atom is -0.481 e. The summed E-state index contributed by atoms with van der Waals surface area (Å²) < 4.78 is 5.57. The van der Waals surface area contributed by atoms with E-state index in [0.717, 1.165) is 38.5 Å². The summed E-state index contributed by atoms with van der Waals surface area (Å²) in [7, 11) is 0. The SMILES string of the molecule is O=C(O)CC(=O)OC1(C2CCCC2)CCCC1. The zero-order valence-electron chi connectivity index (χ0n) is 10.1. The van der Waals surface area contributed by atoms with E-state index in [9.17, 15) is 9.59 Å². The van der Waals surface area contributed by atoms with Crippen molar-refractivity contribution in [1.29, 1.82) is 0 Å². The van der Waals surface area contributed by atoms with Gasteiger partial charge in [-0.05, 0) is 44.4 Å². The first kappa shape index (κ1) is 12.4. The van der Waals surface area contributed by atoms with Gasteiger partial charge in [0.05, 0.1) is 0 Å². The van der Waals surface area contributed by atoms with Crippen LogP contribution in [0.1, 0.15) is 57.8 Å². The Morgan fingerprint density at radius 2 is 1.71 bits per heavy atom. The van der Waals surface area contributed by atoms with Gasteiger partial charge >= 0.3 is 11.9 Å². The number of carboxylic acids is 1. The van der Waals surface area contributed by atoms with Gasteiger partial charge in [0.15, 0.2) is 0 Å². The summed E-state index contributed by atoms with van der Waals surface area (Å²) in [5, 5.41) is 8.61.